The highest BCUT2D eigenvalue weighted by molar-refractivity contribution is 6.02. The molecule has 42 heavy (non-hydrogen) atoms. The van der Waals surface area contributed by atoms with E-state index in [9.17, 15) is 4.79 Å². The number of hydrogen-bond donors (Lipinski definition) is 0. The highest BCUT2D eigenvalue weighted by Gasteiger charge is 2.39. The van der Waals surface area contributed by atoms with Crippen molar-refractivity contribution in [3.63, 3.8) is 0 Å². The smallest absolute Gasteiger partial charge is 0.330 e. The summed E-state index contributed by atoms with van der Waals surface area (Å²) in [7, 11) is 1.70. The van der Waals surface area contributed by atoms with Crippen LogP contribution in [0.25, 0.3) is 33.2 Å². The van der Waals surface area contributed by atoms with E-state index in [0.717, 1.165) is 25.1 Å². The van der Waals surface area contributed by atoms with Crippen molar-refractivity contribution in [2.75, 3.05) is 39.5 Å². The lowest BCUT2D eigenvalue weighted by atomic mass is 9.63. The number of ether oxygens (including phenoxy) is 2. The van der Waals surface area contributed by atoms with Crippen molar-refractivity contribution < 1.29 is 13.9 Å². The average Bonchev–Trinajstić information content (AvgIpc) is 3.26. The summed E-state index contributed by atoms with van der Waals surface area (Å²) >= 11 is 0. The summed E-state index contributed by atoms with van der Waals surface area (Å²) in [5, 5.41) is 9.24. The van der Waals surface area contributed by atoms with E-state index in [0.29, 0.717) is 58.4 Å². The molecule has 9 nitrogen and oxygen atoms in total. The van der Waals surface area contributed by atoms with E-state index in [1.807, 2.05) is 19.1 Å². The number of piperidine rings is 1. The fraction of sp³-hybridized carbons (Fsp3) is 0.562. The molecule has 0 amide bonds. The number of pyridine rings is 1. The zero-order chi connectivity index (χ0) is 28.8. The second-order valence-corrected chi connectivity index (χ2v) is 12.5. The molecule has 1 atom stereocenters. The van der Waals surface area contributed by atoms with Gasteiger partial charge < -0.3 is 14.4 Å². The molecule has 10 heteroatoms. The Morgan fingerprint density at radius 2 is 1.90 bits per heavy atom. The first kappa shape index (κ1) is 27.6. The van der Waals surface area contributed by atoms with Gasteiger partial charge in [-0.3, -0.25) is 14.1 Å². The van der Waals surface area contributed by atoms with E-state index in [4.69, 9.17) is 9.47 Å². The van der Waals surface area contributed by atoms with Crippen LogP contribution in [0.2, 0.25) is 0 Å². The number of nitrogens with zero attached hydrogens (tertiary/aromatic N) is 6. The number of fused-ring (bicyclic) bond motifs is 3. The molecule has 3 aliphatic rings. The Balaban J connectivity index is 1.10. The second-order valence-electron chi connectivity index (χ2n) is 12.5. The molecule has 3 aromatic heterocycles. The van der Waals surface area contributed by atoms with Crippen molar-refractivity contribution in [2.45, 2.75) is 64.0 Å². The lowest BCUT2D eigenvalue weighted by Crippen LogP contribution is -2.44. The van der Waals surface area contributed by atoms with Gasteiger partial charge in [0.05, 0.1) is 23.9 Å². The van der Waals surface area contributed by atoms with Crippen LogP contribution in [0.3, 0.4) is 0 Å². The van der Waals surface area contributed by atoms with Gasteiger partial charge in [-0.05, 0) is 76.1 Å². The predicted molar refractivity (Wildman–Crippen MR) is 159 cm³/mol. The number of benzene rings is 1. The lowest BCUT2D eigenvalue weighted by molar-refractivity contribution is 0.00501. The topological polar surface area (TPSA) is 87.3 Å². The van der Waals surface area contributed by atoms with Gasteiger partial charge in [-0.15, -0.1) is 10.2 Å². The van der Waals surface area contributed by atoms with Crippen LogP contribution >= 0.6 is 0 Å². The molecular weight excluding hydrogens is 535 g/mol. The Morgan fingerprint density at radius 3 is 2.60 bits per heavy atom. The predicted octanol–water partition coefficient (Wildman–Crippen LogP) is 5.18. The van der Waals surface area contributed by atoms with Crippen LogP contribution in [-0.2, 0) is 16.5 Å². The SMILES string of the molecule is C[C@@H](OCCN1CCC2(CCC2)CC1)c1ccc(-c2cc3c(cc2F)nnc2c3n(C3CCOCC3)c(=O)n2C)cn1. The number of halogens is 1. The first-order valence-corrected chi connectivity index (χ1v) is 15.4. The van der Waals surface area contributed by atoms with Crippen molar-refractivity contribution in [3.05, 3.63) is 52.5 Å². The number of rotatable bonds is 7. The zero-order valence-corrected chi connectivity index (χ0v) is 24.5. The number of likely N-dealkylation sites (tertiary alicyclic amines) is 1. The molecule has 1 saturated carbocycles. The molecule has 4 aromatic rings. The van der Waals surface area contributed by atoms with Gasteiger partial charge in [-0.25, -0.2) is 9.18 Å². The fourth-order valence-electron chi connectivity index (χ4n) is 7.10. The van der Waals surface area contributed by atoms with Gasteiger partial charge in [0.1, 0.15) is 11.3 Å². The third-order valence-corrected chi connectivity index (χ3v) is 10.0. The summed E-state index contributed by atoms with van der Waals surface area (Å²) in [6.45, 7) is 7.17. The molecule has 0 radical (unpaired) electrons. The summed E-state index contributed by atoms with van der Waals surface area (Å²) in [6, 6.07) is 6.96. The van der Waals surface area contributed by atoms with Crippen LogP contribution in [0, 0.1) is 11.2 Å². The van der Waals surface area contributed by atoms with Gasteiger partial charge >= 0.3 is 5.69 Å². The van der Waals surface area contributed by atoms with Gasteiger partial charge in [-0.1, -0.05) is 12.5 Å². The highest BCUT2D eigenvalue weighted by Crippen LogP contribution is 2.48. The first-order chi connectivity index (χ1) is 20.4. The quantitative estimate of drug-likeness (QED) is 0.301. The van der Waals surface area contributed by atoms with E-state index < -0.39 is 5.82 Å². The van der Waals surface area contributed by atoms with Gasteiger partial charge in [0.25, 0.3) is 0 Å². The third kappa shape index (κ3) is 4.93. The standard InChI is InChI=1S/C32H39FN6O3/c1-21(42-17-14-38-12-10-32(11-13-38)8-3-9-32)27-5-4-22(20-34-27)24-18-25-28(19-26(24)33)35-36-30-29(25)39(31(40)37(30)2)23-6-15-41-16-7-23/h4-5,18-21,23H,3,6-17H2,1-2H3/t21-/m1/s1. The van der Waals surface area contributed by atoms with Crippen LogP contribution in [0.5, 0.6) is 0 Å². The monoisotopic (exact) mass is 574 g/mol. The molecule has 222 valence electrons. The second kappa shape index (κ2) is 11.1. The molecular formula is C32H39FN6O3. The molecule has 0 bridgehead atoms. The van der Waals surface area contributed by atoms with Crippen molar-refractivity contribution in [1.29, 1.82) is 0 Å². The first-order valence-electron chi connectivity index (χ1n) is 15.4. The molecule has 2 saturated heterocycles. The van der Waals surface area contributed by atoms with E-state index in [2.05, 4.69) is 20.1 Å². The molecule has 2 aliphatic heterocycles. The molecule has 0 unspecified atom stereocenters. The van der Waals surface area contributed by atoms with Gasteiger partial charge in [0.2, 0.25) is 0 Å². The van der Waals surface area contributed by atoms with Crippen molar-refractivity contribution >= 4 is 22.1 Å². The summed E-state index contributed by atoms with van der Waals surface area (Å²) < 4.78 is 30.4. The molecule has 5 heterocycles. The number of imidazole rings is 1. The van der Waals surface area contributed by atoms with Crippen molar-refractivity contribution in [3.8, 4) is 11.1 Å². The van der Waals surface area contributed by atoms with Crippen LogP contribution in [-0.4, -0.2) is 68.7 Å². The van der Waals surface area contributed by atoms with Crippen LogP contribution in [0.1, 0.15) is 69.7 Å². The third-order valence-electron chi connectivity index (χ3n) is 10.0. The molecule has 7 rings (SSSR count). The maximum absolute atomic E-state index is 15.4. The van der Waals surface area contributed by atoms with Gasteiger partial charge in [0.15, 0.2) is 5.65 Å². The van der Waals surface area contributed by atoms with Gasteiger partial charge in [-0.2, -0.15) is 0 Å². The van der Waals surface area contributed by atoms with Crippen LogP contribution in [0.15, 0.2) is 35.3 Å². The van der Waals surface area contributed by atoms with Crippen LogP contribution in [0.4, 0.5) is 4.39 Å². The van der Waals surface area contributed by atoms with Crippen molar-refractivity contribution in [2.24, 2.45) is 12.5 Å². The maximum atomic E-state index is 15.4. The average molecular weight is 575 g/mol. The Bertz CT molecular complexity index is 1650. The van der Waals surface area contributed by atoms with E-state index in [1.54, 1.807) is 23.9 Å². The number of aryl methyl sites for hydroxylation is 1. The Hall–Kier alpha value is -3.21. The Labute approximate surface area is 244 Å². The fourth-order valence-corrected chi connectivity index (χ4v) is 7.10. The Kier molecular flexibility index (Phi) is 7.32. The van der Waals surface area contributed by atoms with E-state index in [1.165, 1.54) is 55.8 Å². The highest BCUT2D eigenvalue weighted by atomic mass is 19.1. The normalized spacial score (nSPS) is 20.4. The lowest BCUT2D eigenvalue weighted by Gasteiger charge is -2.48. The van der Waals surface area contributed by atoms with Crippen LogP contribution < -0.4 is 5.69 Å². The number of hydrogen-bond acceptors (Lipinski definition) is 7. The molecule has 0 N–H and O–H groups in total. The number of aromatic nitrogens is 5. The van der Waals surface area contributed by atoms with Crippen molar-refractivity contribution in [1.82, 2.24) is 29.2 Å². The minimum atomic E-state index is -0.406. The summed E-state index contributed by atoms with van der Waals surface area (Å²) in [5.74, 6) is -0.406. The maximum Gasteiger partial charge on any atom is 0.330 e. The molecule has 1 aliphatic carbocycles. The largest absolute Gasteiger partial charge is 0.381 e. The summed E-state index contributed by atoms with van der Waals surface area (Å²) in [5.41, 5.74) is 3.98. The van der Waals surface area contributed by atoms with E-state index >= 15 is 4.39 Å². The summed E-state index contributed by atoms with van der Waals surface area (Å²) in [6.07, 6.45) is 9.91. The van der Waals surface area contributed by atoms with E-state index in [-0.39, 0.29) is 17.8 Å². The van der Waals surface area contributed by atoms with Gasteiger partial charge in [0, 0.05) is 61.6 Å². The molecule has 1 aromatic carbocycles. The Morgan fingerprint density at radius 1 is 1.12 bits per heavy atom. The molecule has 1 spiro atoms. The summed E-state index contributed by atoms with van der Waals surface area (Å²) in [4.78, 5) is 20.4. The minimum absolute atomic E-state index is 0.00686. The zero-order valence-electron chi connectivity index (χ0n) is 24.5. The molecule has 3 fully saturated rings. The minimum Gasteiger partial charge on any atom is -0.381 e.